The third kappa shape index (κ3) is 1.40. The molecule has 74 valence electrons. The normalized spacial score (nSPS) is 10.9. The maximum atomic E-state index is 11.9. The molecule has 2 heterocycles. The molecule has 0 bridgehead atoms. The molecule has 0 saturated carbocycles. The van der Waals surface area contributed by atoms with Crippen molar-refractivity contribution in [2.75, 3.05) is 0 Å². The standard InChI is InChI=1S/C7H6N2OS4/c1-2-9-5(10)3-4(8-7(9)12)13-14-6(3)11/h2H2,1H3,(H,8,12). The molecule has 3 nitrogen and oxygen atoms in total. The van der Waals surface area contributed by atoms with Gasteiger partial charge in [0.05, 0.1) is 0 Å². The molecule has 0 spiro atoms. The van der Waals surface area contributed by atoms with Gasteiger partial charge < -0.3 is 4.98 Å². The molecule has 0 fully saturated rings. The molecule has 0 saturated heterocycles. The average molecular weight is 262 g/mol. The van der Waals surface area contributed by atoms with Crippen molar-refractivity contribution in [1.29, 1.82) is 0 Å². The lowest BCUT2D eigenvalue weighted by Gasteiger charge is -2.00. The van der Waals surface area contributed by atoms with Crippen molar-refractivity contribution in [2.45, 2.75) is 13.5 Å². The van der Waals surface area contributed by atoms with Crippen LogP contribution in [0, 0.1) is 8.59 Å². The van der Waals surface area contributed by atoms with Gasteiger partial charge in [0.15, 0.2) is 4.77 Å². The fourth-order valence-electron chi connectivity index (χ4n) is 1.20. The lowest BCUT2D eigenvalue weighted by molar-refractivity contribution is 0.705. The molecule has 2 aromatic rings. The van der Waals surface area contributed by atoms with Crippen LogP contribution in [-0.4, -0.2) is 9.55 Å². The van der Waals surface area contributed by atoms with Crippen LogP contribution in [0.1, 0.15) is 6.92 Å². The van der Waals surface area contributed by atoms with E-state index in [1.54, 1.807) is 0 Å². The van der Waals surface area contributed by atoms with Crippen molar-refractivity contribution in [3.05, 3.63) is 18.9 Å². The second-order valence-corrected chi connectivity index (χ2v) is 5.84. The zero-order valence-corrected chi connectivity index (χ0v) is 10.5. The van der Waals surface area contributed by atoms with Crippen LogP contribution in [0.25, 0.3) is 10.2 Å². The number of fused-ring (bicyclic) bond motifs is 1. The highest BCUT2D eigenvalue weighted by Gasteiger charge is 2.07. The quantitative estimate of drug-likeness (QED) is 0.634. The van der Waals surface area contributed by atoms with E-state index in [9.17, 15) is 4.79 Å². The van der Waals surface area contributed by atoms with Crippen LogP contribution in [0.2, 0.25) is 0 Å². The van der Waals surface area contributed by atoms with Crippen LogP contribution in [-0.2, 0) is 6.54 Å². The van der Waals surface area contributed by atoms with Gasteiger partial charge in [-0.25, -0.2) is 0 Å². The zero-order valence-electron chi connectivity index (χ0n) is 7.20. The summed E-state index contributed by atoms with van der Waals surface area (Å²) in [5, 5.41) is 0.602. The third-order valence-corrected chi connectivity index (χ3v) is 5.13. The number of aromatic amines is 1. The predicted octanol–water partition coefficient (Wildman–Crippen LogP) is 2.93. The number of hydrogen-bond acceptors (Lipinski definition) is 5. The summed E-state index contributed by atoms with van der Waals surface area (Å²) < 4.78 is 2.63. The summed E-state index contributed by atoms with van der Waals surface area (Å²) in [6, 6.07) is 0. The fourth-order valence-corrected chi connectivity index (χ4v) is 4.15. The van der Waals surface area contributed by atoms with Gasteiger partial charge in [-0.05, 0) is 19.1 Å². The number of nitrogens with zero attached hydrogens (tertiary/aromatic N) is 1. The number of nitrogens with one attached hydrogen (secondary N) is 1. The molecule has 0 aliphatic rings. The number of aromatic nitrogens is 2. The minimum atomic E-state index is -0.0752. The summed E-state index contributed by atoms with van der Waals surface area (Å²) >= 11 is 10.1. The smallest absolute Gasteiger partial charge is 0.265 e. The van der Waals surface area contributed by atoms with Crippen LogP contribution < -0.4 is 5.56 Å². The molecule has 7 heteroatoms. The van der Waals surface area contributed by atoms with Gasteiger partial charge in [-0.3, -0.25) is 9.36 Å². The van der Waals surface area contributed by atoms with E-state index in [4.69, 9.17) is 24.4 Å². The molecule has 0 unspecified atom stereocenters. The van der Waals surface area contributed by atoms with Crippen LogP contribution in [0.3, 0.4) is 0 Å². The number of H-pyrrole nitrogens is 1. The van der Waals surface area contributed by atoms with Gasteiger partial charge >= 0.3 is 0 Å². The molecule has 0 radical (unpaired) electrons. The van der Waals surface area contributed by atoms with Gasteiger partial charge in [0.25, 0.3) is 5.56 Å². The Morgan fingerprint density at radius 2 is 2.14 bits per heavy atom. The summed E-state index contributed by atoms with van der Waals surface area (Å²) in [7, 11) is 2.89. The minimum Gasteiger partial charge on any atom is -0.323 e. The van der Waals surface area contributed by atoms with E-state index in [-0.39, 0.29) is 5.56 Å². The molecule has 0 aliphatic carbocycles. The van der Waals surface area contributed by atoms with Crippen molar-refractivity contribution in [1.82, 2.24) is 9.55 Å². The van der Waals surface area contributed by atoms with Crippen molar-refractivity contribution in [3.63, 3.8) is 0 Å². The highest BCUT2D eigenvalue weighted by molar-refractivity contribution is 7.81. The van der Waals surface area contributed by atoms with E-state index in [1.807, 2.05) is 6.92 Å². The minimum absolute atomic E-state index is 0.0752. The molecular formula is C7H6N2OS4. The maximum absolute atomic E-state index is 11.9. The van der Waals surface area contributed by atoms with Crippen LogP contribution in [0.15, 0.2) is 4.79 Å². The van der Waals surface area contributed by atoms with E-state index in [0.717, 1.165) is 4.83 Å². The largest absolute Gasteiger partial charge is 0.323 e. The van der Waals surface area contributed by atoms with Crippen molar-refractivity contribution < 1.29 is 0 Å². The SMILES string of the molecule is CCn1c(=S)[nH]c2ssc(=S)c2c1=O. The average Bonchev–Trinajstić information content (AvgIpc) is 2.48. The van der Waals surface area contributed by atoms with Gasteiger partial charge in [-0.2, -0.15) is 0 Å². The first-order chi connectivity index (χ1) is 6.65. The summed E-state index contributed by atoms with van der Waals surface area (Å²) in [6.07, 6.45) is 0. The predicted molar refractivity (Wildman–Crippen MR) is 65.7 cm³/mol. The highest BCUT2D eigenvalue weighted by atomic mass is 32.9. The van der Waals surface area contributed by atoms with E-state index in [2.05, 4.69) is 4.98 Å². The van der Waals surface area contributed by atoms with Gasteiger partial charge in [-0.15, -0.1) is 0 Å². The Morgan fingerprint density at radius 1 is 1.43 bits per heavy atom. The summed E-state index contributed by atoms with van der Waals surface area (Å²) in [6.45, 7) is 2.45. The Bertz CT molecular complexity index is 644. The van der Waals surface area contributed by atoms with E-state index < -0.39 is 0 Å². The Labute approximate surface area is 97.0 Å². The van der Waals surface area contributed by atoms with E-state index in [0.29, 0.717) is 20.5 Å². The monoisotopic (exact) mass is 262 g/mol. The summed E-state index contributed by atoms with van der Waals surface area (Å²) in [5.41, 5.74) is -0.0752. The molecule has 0 amide bonds. The Morgan fingerprint density at radius 3 is 2.79 bits per heavy atom. The molecule has 2 aromatic heterocycles. The van der Waals surface area contributed by atoms with Gasteiger partial charge in [0.2, 0.25) is 0 Å². The Hall–Kier alpha value is -0.370. The molecule has 0 aromatic carbocycles. The Kier molecular flexibility index (Phi) is 2.65. The van der Waals surface area contributed by atoms with Crippen molar-refractivity contribution in [2.24, 2.45) is 0 Å². The second kappa shape index (κ2) is 3.65. The highest BCUT2D eigenvalue weighted by Crippen LogP contribution is 2.22. The topological polar surface area (TPSA) is 37.8 Å². The van der Waals surface area contributed by atoms with Crippen LogP contribution >= 0.6 is 45.1 Å². The van der Waals surface area contributed by atoms with Crippen LogP contribution in [0.4, 0.5) is 0 Å². The number of rotatable bonds is 1. The lowest BCUT2D eigenvalue weighted by atomic mass is 10.4. The number of hydrogen-bond donors (Lipinski definition) is 1. The van der Waals surface area contributed by atoms with Crippen LogP contribution in [0.5, 0.6) is 0 Å². The van der Waals surface area contributed by atoms with Gasteiger partial charge in [0.1, 0.15) is 14.0 Å². The van der Waals surface area contributed by atoms with Gasteiger partial charge in [-0.1, -0.05) is 32.9 Å². The summed E-state index contributed by atoms with van der Waals surface area (Å²) in [5.74, 6) is 0. The first kappa shape index (κ1) is 10.2. The molecule has 0 atom stereocenters. The third-order valence-electron chi connectivity index (χ3n) is 1.87. The van der Waals surface area contributed by atoms with Gasteiger partial charge in [0, 0.05) is 6.54 Å². The maximum Gasteiger partial charge on any atom is 0.265 e. The molecule has 0 aliphatic heterocycles. The molecular weight excluding hydrogens is 256 g/mol. The lowest BCUT2D eigenvalue weighted by Crippen LogP contribution is -2.20. The fraction of sp³-hybridized carbons (Fsp3) is 0.286. The molecule has 14 heavy (non-hydrogen) atoms. The Balaban J connectivity index is 3.13. The van der Waals surface area contributed by atoms with E-state index >= 15 is 0 Å². The molecule has 2 rings (SSSR count). The first-order valence-electron chi connectivity index (χ1n) is 3.91. The van der Waals surface area contributed by atoms with Crippen molar-refractivity contribution in [3.8, 4) is 0 Å². The summed E-state index contributed by atoms with van der Waals surface area (Å²) in [4.78, 5) is 15.7. The van der Waals surface area contributed by atoms with Crippen molar-refractivity contribution >= 4 is 55.3 Å². The zero-order chi connectivity index (χ0) is 10.3. The first-order valence-corrected chi connectivity index (χ1v) is 6.87. The van der Waals surface area contributed by atoms with E-state index in [1.165, 1.54) is 25.2 Å². The second-order valence-electron chi connectivity index (χ2n) is 2.64. The molecule has 1 N–H and O–H groups in total.